The Morgan fingerprint density at radius 1 is 0.704 bits per heavy atom. The van der Waals surface area contributed by atoms with Crippen molar-refractivity contribution in [3.05, 3.63) is 0 Å². The summed E-state index contributed by atoms with van der Waals surface area (Å²) in [6.45, 7) is 4.60. The van der Waals surface area contributed by atoms with Gasteiger partial charge >= 0.3 is 0 Å². The van der Waals surface area contributed by atoms with E-state index in [-0.39, 0.29) is 17.4 Å². The molecule has 3 saturated heterocycles. The zero-order valence-electron chi connectivity index (χ0n) is 17.1. The van der Waals surface area contributed by atoms with Crippen molar-refractivity contribution in [1.29, 1.82) is 0 Å². The molecule has 3 heterocycles. The van der Waals surface area contributed by atoms with Crippen molar-refractivity contribution in [2.75, 3.05) is 39.8 Å². The van der Waals surface area contributed by atoms with Gasteiger partial charge in [0.05, 0.1) is 6.04 Å². The molecule has 5 nitrogen and oxygen atoms in total. The number of carbonyl (C=O) groups is 2. The van der Waals surface area contributed by atoms with Crippen molar-refractivity contribution in [3.8, 4) is 0 Å². The molecule has 5 heteroatoms. The standard InChI is InChI=1S/C22H37N3O2/c1-23-13-7-10-22(19(23)21(27)24-14-5-6-15-24)11-16-25(17-12-22)20(26)18-8-3-2-4-9-18/h18-19H,2-17H2,1H3. The van der Waals surface area contributed by atoms with Crippen LogP contribution in [0.2, 0.25) is 0 Å². The number of hydrogen-bond acceptors (Lipinski definition) is 3. The molecule has 27 heavy (non-hydrogen) atoms. The lowest BCUT2D eigenvalue weighted by molar-refractivity contribution is -0.149. The van der Waals surface area contributed by atoms with E-state index in [1.807, 2.05) is 0 Å². The van der Waals surface area contributed by atoms with E-state index >= 15 is 0 Å². The quantitative estimate of drug-likeness (QED) is 0.745. The molecule has 0 aromatic rings. The number of nitrogens with zero attached hydrogens (tertiary/aromatic N) is 3. The summed E-state index contributed by atoms with van der Waals surface area (Å²) in [7, 11) is 2.14. The minimum Gasteiger partial charge on any atom is -0.342 e. The lowest BCUT2D eigenvalue weighted by Gasteiger charge is -2.52. The van der Waals surface area contributed by atoms with Crippen LogP contribution in [0.1, 0.15) is 70.6 Å². The predicted octanol–water partition coefficient (Wildman–Crippen LogP) is 2.89. The molecule has 4 fully saturated rings. The van der Waals surface area contributed by atoms with Crippen LogP contribution in [0.5, 0.6) is 0 Å². The van der Waals surface area contributed by atoms with E-state index in [0.717, 1.165) is 77.7 Å². The highest BCUT2D eigenvalue weighted by Gasteiger charge is 2.50. The molecule has 0 bridgehead atoms. The second kappa shape index (κ2) is 8.10. The molecule has 4 aliphatic rings. The summed E-state index contributed by atoms with van der Waals surface area (Å²) >= 11 is 0. The van der Waals surface area contributed by atoms with Gasteiger partial charge in [-0.15, -0.1) is 0 Å². The zero-order chi connectivity index (χ0) is 18.9. The van der Waals surface area contributed by atoms with Crippen LogP contribution in [0.4, 0.5) is 0 Å². The van der Waals surface area contributed by atoms with Crippen LogP contribution in [0.15, 0.2) is 0 Å². The average molecular weight is 376 g/mol. The van der Waals surface area contributed by atoms with Gasteiger partial charge in [-0.25, -0.2) is 0 Å². The van der Waals surface area contributed by atoms with Gasteiger partial charge in [0.1, 0.15) is 0 Å². The summed E-state index contributed by atoms with van der Waals surface area (Å²) in [6.07, 6.45) is 12.5. The first-order valence-corrected chi connectivity index (χ1v) is 11.4. The Hall–Kier alpha value is -1.10. The maximum absolute atomic E-state index is 13.4. The Kier molecular flexibility index (Phi) is 5.77. The second-order valence-corrected chi connectivity index (χ2v) is 9.54. The van der Waals surface area contributed by atoms with E-state index in [4.69, 9.17) is 0 Å². The SMILES string of the molecule is CN1CCCC2(CCN(C(=O)C3CCCCC3)CC2)C1C(=O)N1CCCC1. The highest BCUT2D eigenvalue weighted by atomic mass is 16.2. The maximum Gasteiger partial charge on any atom is 0.240 e. The van der Waals surface area contributed by atoms with Gasteiger partial charge in [0.15, 0.2) is 0 Å². The number of likely N-dealkylation sites (N-methyl/N-ethyl adjacent to an activating group) is 1. The Bertz CT molecular complexity index is 544. The molecule has 0 aromatic heterocycles. The molecule has 1 saturated carbocycles. The highest BCUT2D eigenvalue weighted by Crippen LogP contribution is 2.45. The van der Waals surface area contributed by atoms with Gasteiger partial charge < -0.3 is 9.80 Å². The third-order valence-corrected chi connectivity index (χ3v) is 7.88. The maximum atomic E-state index is 13.4. The number of amides is 2. The molecule has 2 amide bonds. The number of piperidine rings is 2. The fourth-order valence-electron chi connectivity index (χ4n) is 6.28. The van der Waals surface area contributed by atoms with Gasteiger partial charge in [-0.2, -0.15) is 0 Å². The van der Waals surface area contributed by atoms with E-state index in [2.05, 4.69) is 21.7 Å². The summed E-state index contributed by atoms with van der Waals surface area (Å²) in [5.41, 5.74) is 0.0794. The molecule has 152 valence electrons. The van der Waals surface area contributed by atoms with Gasteiger partial charge in [-0.1, -0.05) is 19.3 Å². The summed E-state index contributed by atoms with van der Waals surface area (Å²) in [6, 6.07) is 0.0243. The summed E-state index contributed by atoms with van der Waals surface area (Å²) in [4.78, 5) is 32.9. The van der Waals surface area contributed by atoms with E-state index in [1.165, 1.54) is 25.7 Å². The van der Waals surface area contributed by atoms with E-state index in [9.17, 15) is 9.59 Å². The number of likely N-dealkylation sites (tertiary alicyclic amines) is 3. The van der Waals surface area contributed by atoms with E-state index in [0.29, 0.717) is 11.8 Å². The molecule has 0 N–H and O–H groups in total. The molecule has 1 spiro atoms. The molecule has 1 unspecified atom stereocenters. The minimum atomic E-state index is 0.0243. The van der Waals surface area contributed by atoms with Gasteiger partial charge in [0.25, 0.3) is 0 Å². The molecular formula is C22H37N3O2. The van der Waals surface area contributed by atoms with Gasteiger partial charge in [0.2, 0.25) is 11.8 Å². The predicted molar refractivity (Wildman–Crippen MR) is 106 cm³/mol. The normalized spacial score (nSPS) is 30.0. The van der Waals surface area contributed by atoms with Crippen LogP contribution in [0, 0.1) is 11.3 Å². The smallest absolute Gasteiger partial charge is 0.240 e. The minimum absolute atomic E-state index is 0.0243. The van der Waals surface area contributed by atoms with Crippen molar-refractivity contribution in [2.24, 2.45) is 11.3 Å². The first kappa shape index (κ1) is 19.2. The van der Waals surface area contributed by atoms with Crippen molar-refractivity contribution in [1.82, 2.24) is 14.7 Å². The fourth-order valence-corrected chi connectivity index (χ4v) is 6.28. The molecule has 3 aliphatic heterocycles. The first-order chi connectivity index (χ1) is 13.1. The topological polar surface area (TPSA) is 43.9 Å². The molecular weight excluding hydrogens is 338 g/mol. The number of hydrogen-bond donors (Lipinski definition) is 0. The van der Waals surface area contributed by atoms with Crippen LogP contribution < -0.4 is 0 Å². The Morgan fingerprint density at radius 3 is 2.00 bits per heavy atom. The molecule has 4 rings (SSSR count). The van der Waals surface area contributed by atoms with Crippen molar-refractivity contribution in [3.63, 3.8) is 0 Å². The third kappa shape index (κ3) is 3.76. The molecule has 1 aliphatic carbocycles. The van der Waals surface area contributed by atoms with E-state index in [1.54, 1.807) is 0 Å². The number of carbonyl (C=O) groups excluding carboxylic acids is 2. The second-order valence-electron chi connectivity index (χ2n) is 9.54. The molecule has 1 atom stereocenters. The average Bonchev–Trinajstić information content (AvgIpc) is 3.23. The van der Waals surface area contributed by atoms with Gasteiger partial charge in [-0.05, 0) is 70.4 Å². The lowest BCUT2D eigenvalue weighted by atomic mass is 9.66. The fraction of sp³-hybridized carbons (Fsp3) is 0.909. The van der Waals surface area contributed by atoms with Crippen LogP contribution >= 0.6 is 0 Å². The molecule has 0 radical (unpaired) electrons. The molecule has 0 aromatic carbocycles. The third-order valence-electron chi connectivity index (χ3n) is 7.88. The van der Waals surface area contributed by atoms with Crippen molar-refractivity contribution >= 4 is 11.8 Å². The van der Waals surface area contributed by atoms with Crippen molar-refractivity contribution < 1.29 is 9.59 Å². The zero-order valence-corrected chi connectivity index (χ0v) is 17.1. The van der Waals surface area contributed by atoms with Gasteiger partial charge in [-0.3, -0.25) is 14.5 Å². The monoisotopic (exact) mass is 375 g/mol. The van der Waals surface area contributed by atoms with Crippen molar-refractivity contribution in [2.45, 2.75) is 76.7 Å². The first-order valence-electron chi connectivity index (χ1n) is 11.4. The van der Waals surface area contributed by atoms with Crippen LogP contribution in [-0.2, 0) is 9.59 Å². The Balaban J connectivity index is 1.43. The van der Waals surface area contributed by atoms with Crippen LogP contribution in [-0.4, -0.2) is 72.3 Å². The Labute approximate surface area is 164 Å². The lowest BCUT2D eigenvalue weighted by Crippen LogP contribution is -2.61. The van der Waals surface area contributed by atoms with Crippen LogP contribution in [0.3, 0.4) is 0 Å². The highest BCUT2D eigenvalue weighted by molar-refractivity contribution is 5.83. The Morgan fingerprint density at radius 2 is 1.33 bits per heavy atom. The van der Waals surface area contributed by atoms with E-state index < -0.39 is 0 Å². The number of rotatable bonds is 2. The van der Waals surface area contributed by atoms with Crippen LogP contribution in [0.25, 0.3) is 0 Å². The summed E-state index contributed by atoms with van der Waals surface area (Å²) in [5, 5.41) is 0. The largest absolute Gasteiger partial charge is 0.342 e. The van der Waals surface area contributed by atoms with Gasteiger partial charge in [0, 0.05) is 32.1 Å². The summed E-state index contributed by atoms with van der Waals surface area (Å²) < 4.78 is 0. The summed E-state index contributed by atoms with van der Waals surface area (Å²) in [5.74, 6) is 1.03.